The molecule has 1 amide bonds. The van der Waals surface area contributed by atoms with Crippen molar-refractivity contribution in [2.75, 3.05) is 0 Å². The Morgan fingerprint density at radius 1 is 1.52 bits per heavy atom. The summed E-state index contributed by atoms with van der Waals surface area (Å²) < 4.78 is 1.84. The maximum Gasteiger partial charge on any atom is 0.244 e. The van der Waals surface area contributed by atoms with Crippen molar-refractivity contribution in [3.8, 4) is 0 Å². The third-order valence-corrected chi connectivity index (χ3v) is 4.74. The molecule has 0 aliphatic heterocycles. The number of carbonyl (C=O) groups is 1. The molecule has 21 heavy (non-hydrogen) atoms. The largest absolute Gasteiger partial charge is 0.391 e. The molecule has 0 spiro atoms. The Bertz CT molecular complexity index is 679. The average molecular weight is 326 g/mol. The fraction of sp³-hybridized carbons (Fsp3) is 0.429. The second kappa shape index (κ2) is 6.17. The lowest BCUT2D eigenvalue weighted by molar-refractivity contribution is -0.118. The number of amides is 1. The van der Waals surface area contributed by atoms with Crippen LogP contribution in [-0.2, 0) is 4.79 Å². The lowest BCUT2D eigenvalue weighted by Gasteiger charge is -2.27. The molecule has 3 rings (SSSR count). The van der Waals surface area contributed by atoms with E-state index >= 15 is 0 Å². The first-order valence-electron chi connectivity index (χ1n) is 6.93. The maximum absolute atomic E-state index is 12.0. The van der Waals surface area contributed by atoms with Gasteiger partial charge in [-0.25, -0.2) is 4.98 Å². The van der Waals surface area contributed by atoms with Crippen molar-refractivity contribution in [3.63, 3.8) is 0 Å². The van der Waals surface area contributed by atoms with E-state index in [9.17, 15) is 9.90 Å². The van der Waals surface area contributed by atoms with Gasteiger partial charge in [0.2, 0.25) is 5.91 Å². The van der Waals surface area contributed by atoms with E-state index in [4.69, 9.17) is 11.6 Å². The average Bonchev–Trinajstić information content (AvgIpc) is 3.00. The molecule has 1 fully saturated rings. The smallest absolute Gasteiger partial charge is 0.244 e. The maximum atomic E-state index is 12.0. The SMILES string of the molecule is O=C(/C=C/c1c(Cl)nc2sccn12)N[C@H]1CCCC[C@@H]1O. The van der Waals surface area contributed by atoms with Crippen LogP contribution in [0.2, 0.25) is 5.15 Å². The van der Waals surface area contributed by atoms with Gasteiger partial charge < -0.3 is 10.4 Å². The third-order valence-electron chi connectivity index (χ3n) is 3.70. The Morgan fingerprint density at radius 2 is 2.33 bits per heavy atom. The predicted molar refractivity (Wildman–Crippen MR) is 83.5 cm³/mol. The molecule has 1 aliphatic rings. The molecule has 0 aromatic carbocycles. The van der Waals surface area contributed by atoms with E-state index in [0.29, 0.717) is 10.8 Å². The number of aromatic nitrogens is 2. The molecular weight excluding hydrogens is 310 g/mol. The predicted octanol–water partition coefficient (Wildman–Crippen LogP) is 2.48. The Kier molecular flexibility index (Phi) is 4.28. The number of nitrogens with zero attached hydrogens (tertiary/aromatic N) is 2. The van der Waals surface area contributed by atoms with Gasteiger partial charge in [-0.1, -0.05) is 24.4 Å². The first kappa shape index (κ1) is 14.6. The summed E-state index contributed by atoms with van der Waals surface area (Å²) in [6.07, 6.45) is 8.13. The lowest BCUT2D eigenvalue weighted by Crippen LogP contribution is -2.44. The van der Waals surface area contributed by atoms with Crippen molar-refractivity contribution < 1.29 is 9.90 Å². The molecule has 2 aromatic rings. The number of hydrogen-bond acceptors (Lipinski definition) is 4. The van der Waals surface area contributed by atoms with E-state index < -0.39 is 6.10 Å². The topological polar surface area (TPSA) is 66.6 Å². The molecule has 0 bridgehead atoms. The number of hydrogen-bond donors (Lipinski definition) is 2. The minimum Gasteiger partial charge on any atom is -0.391 e. The van der Waals surface area contributed by atoms with Crippen LogP contribution in [0, 0.1) is 0 Å². The van der Waals surface area contributed by atoms with Gasteiger partial charge in [0.05, 0.1) is 17.8 Å². The molecule has 1 saturated carbocycles. The van der Waals surface area contributed by atoms with Crippen molar-refractivity contribution in [2.45, 2.75) is 37.8 Å². The highest BCUT2D eigenvalue weighted by Gasteiger charge is 2.23. The first-order chi connectivity index (χ1) is 10.1. The molecule has 0 unspecified atom stereocenters. The Morgan fingerprint density at radius 3 is 3.14 bits per heavy atom. The number of rotatable bonds is 3. The van der Waals surface area contributed by atoms with Crippen LogP contribution < -0.4 is 5.32 Å². The molecule has 1 aliphatic carbocycles. The van der Waals surface area contributed by atoms with Crippen LogP contribution in [0.15, 0.2) is 17.7 Å². The second-order valence-electron chi connectivity index (χ2n) is 5.14. The monoisotopic (exact) mass is 325 g/mol. The van der Waals surface area contributed by atoms with Crippen LogP contribution in [0.1, 0.15) is 31.4 Å². The van der Waals surface area contributed by atoms with Crippen molar-refractivity contribution in [1.82, 2.24) is 14.7 Å². The van der Waals surface area contributed by atoms with Crippen LogP contribution >= 0.6 is 22.9 Å². The van der Waals surface area contributed by atoms with Gasteiger partial charge in [-0.05, 0) is 18.9 Å². The Labute approximate surface area is 131 Å². The fourth-order valence-corrected chi connectivity index (χ4v) is 3.60. The summed E-state index contributed by atoms with van der Waals surface area (Å²) in [5, 5.41) is 15.0. The zero-order chi connectivity index (χ0) is 14.8. The molecule has 7 heteroatoms. The molecular formula is C14H16ClN3O2S. The van der Waals surface area contributed by atoms with Gasteiger partial charge in [-0.3, -0.25) is 9.20 Å². The lowest BCUT2D eigenvalue weighted by atomic mass is 9.92. The summed E-state index contributed by atoms with van der Waals surface area (Å²) in [4.78, 5) is 17.0. The van der Waals surface area contributed by atoms with E-state index in [1.807, 2.05) is 16.0 Å². The van der Waals surface area contributed by atoms with E-state index in [0.717, 1.165) is 30.6 Å². The molecule has 2 heterocycles. The van der Waals surface area contributed by atoms with Gasteiger partial charge in [-0.2, -0.15) is 0 Å². The van der Waals surface area contributed by atoms with Crippen molar-refractivity contribution in [2.24, 2.45) is 0 Å². The van der Waals surface area contributed by atoms with Gasteiger partial charge in [-0.15, -0.1) is 11.3 Å². The molecule has 0 radical (unpaired) electrons. The summed E-state index contributed by atoms with van der Waals surface area (Å²) in [7, 11) is 0. The van der Waals surface area contributed by atoms with E-state index in [1.54, 1.807) is 6.08 Å². The van der Waals surface area contributed by atoms with E-state index in [2.05, 4.69) is 10.3 Å². The minimum absolute atomic E-state index is 0.155. The number of imidazole rings is 1. The summed E-state index contributed by atoms with van der Waals surface area (Å²) >= 11 is 7.54. The number of nitrogens with one attached hydrogen (secondary N) is 1. The zero-order valence-electron chi connectivity index (χ0n) is 11.3. The number of fused-ring (bicyclic) bond motifs is 1. The van der Waals surface area contributed by atoms with Crippen LogP contribution in [0.5, 0.6) is 0 Å². The normalized spacial score (nSPS) is 23.0. The molecule has 2 atom stereocenters. The number of aliphatic hydroxyl groups excluding tert-OH is 1. The van der Waals surface area contributed by atoms with Crippen LogP contribution in [0.4, 0.5) is 0 Å². The zero-order valence-corrected chi connectivity index (χ0v) is 12.9. The fourth-order valence-electron chi connectivity index (χ4n) is 2.59. The van der Waals surface area contributed by atoms with Crippen LogP contribution in [0.25, 0.3) is 11.0 Å². The van der Waals surface area contributed by atoms with Crippen molar-refractivity contribution >= 4 is 39.9 Å². The van der Waals surface area contributed by atoms with Gasteiger partial charge in [0, 0.05) is 17.7 Å². The number of halogens is 1. The Balaban J connectivity index is 1.69. The van der Waals surface area contributed by atoms with Crippen molar-refractivity contribution in [1.29, 1.82) is 0 Å². The number of carbonyl (C=O) groups excluding carboxylic acids is 1. The summed E-state index contributed by atoms with van der Waals surface area (Å²) in [5.41, 5.74) is 0.687. The molecule has 5 nitrogen and oxygen atoms in total. The summed E-state index contributed by atoms with van der Waals surface area (Å²) in [6, 6.07) is -0.155. The highest BCUT2D eigenvalue weighted by Crippen LogP contribution is 2.22. The molecule has 2 aromatic heterocycles. The number of aliphatic hydroxyl groups is 1. The number of thiazole rings is 1. The molecule has 0 saturated heterocycles. The van der Waals surface area contributed by atoms with Crippen LogP contribution in [-0.4, -0.2) is 32.5 Å². The van der Waals surface area contributed by atoms with Gasteiger partial charge >= 0.3 is 0 Å². The minimum atomic E-state index is -0.446. The molecule has 2 N–H and O–H groups in total. The van der Waals surface area contributed by atoms with Gasteiger partial charge in [0.15, 0.2) is 10.1 Å². The van der Waals surface area contributed by atoms with Crippen LogP contribution in [0.3, 0.4) is 0 Å². The summed E-state index contributed by atoms with van der Waals surface area (Å²) in [5.74, 6) is -0.220. The van der Waals surface area contributed by atoms with Gasteiger partial charge in [0.1, 0.15) is 0 Å². The highest BCUT2D eigenvalue weighted by molar-refractivity contribution is 7.15. The van der Waals surface area contributed by atoms with E-state index in [-0.39, 0.29) is 11.9 Å². The highest BCUT2D eigenvalue weighted by atomic mass is 35.5. The first-order valence-corrected chi connectivity index (χ1v) is 8.18. The Hall–Kier alpha value is -1.37. The summed E-state index contributed by atoms with van der Waals surface area (Å²) in [6.45, 7) is 0. The standard InChI is InChI=1S/C14H16ClN3O2S/c15-13-10(18-7-8-21-14(18)17-13)5-6-12(20)16-9-3-1-2-4-11(9)19/h5-9,11,19H,1-4H2,(H,16,20)/b6-5+/t9-,11-/m0/s1. The van der Waals surface area contributed by atoms with Gasteiger partial charge in [0.25, 0.3) is 0 Å². The van der Waals surface area contributed by atoms with E-state index in [1.165, 1.54) is 17.4 Å². The quantitative estimate of drug-likeness (QED) is 0.852. The second-order valence-corrected chi connectivity index (χ2v) is 6.37. The van der Waals surface area contributed by atoms with Crippen molar-refractivity contribution in [3.05, 3.63) is 28.5 Å². The third kappa shape index (κ3) is 3.12. The molecule has 112 valence electrons.